The van der Waals surface area contributed by atoms with Gasteiger partial charge in [-0.05, 0) is 19.8 Å². The molecule has 0 radical (unpaired) electrons. The molecule has 0 aliphatic heterocycles. The Morgan fingerprint density at radius 1 is 1.50 bits per heavy atom. The highest BCUT2D eigenvalue weighted by Crippen LogP contribution is 2.22. The van der Waals surface area contributed by atoms with Crippen LogP contribution in [0.4, 0.5) is 4.79 Å². The number of ether oxygens (including phenoxy) is 1. The Morgan fingerprint density at radius 3 is 2.56 bits per heavy atom. The second-order valence-electron chi connectivity index (χ2n) is 4.75. The molecule has 0 spiro atoms. The van der Waals surface area contributed by atoms with Crippen LogP contribution in [0, 0.1) is 5.92 Å². The third-order valence-electron chi connectivity index (χ3n) is 3.34. The second-order valence-corrected chi connectivity index (χ2v) is 4.75. The van der Waals surface area contributed by atoms with Gasteiger partial charge in [-0.15, -0.1) is 0 Å². The lowest BCUT2D eigenvalue weighted by Crippen LogP contribution is -2.52. The zero-order valence-corrected chi connectivity index (χ0v) is 11.2. The van der Waals surface area contributed by atoms with E-state index in [0.717, 1.165) is 12.8 Å². The fourth-order valence-corrected chi connectivity index (χ4v) is 1.91. The molecule has 1 aliphatic carbocycles. The molecule has 6 nitrogen and oxygen atoms in total. The van der Waals surface area contributed by atoms with Crippen molar-refractivity contribution in [3.8, 4) is 0 Å². The first-order chi connectivity index (χ1) is 8.47. The number of hydrogen-bond donors (Lipinski definition) is 2. The zero-order chi connectivity index (χ0) is 13.7. The van der Waals surface area contributed by atoms with E-state index in [1.165, 1.54) is 4.90 Å². The van der Waals surface area contributed by atoms with Crippen LogP contribution in [0.2, 0.25) is 0 Å². The number of carboxylic acid groups (broad SMARTS) is 1. The highest BCUT2D eigenvalue weighted by atomic mass is 16.5. The first-order valence-electron chi connectivity index (χ1n) is 6.28. The first kappa shape index (κ1) is 14.8. The van der Waals surface area contributed by atoms with Gasteiger partial charge in [-0.1, -0.05) is 6.92 Å². The monoisotopic (exact) mass is 258 g/mol. The van der Waals surface area contributed by atoms with Crippen molar-refractivity contribution in [1.29, 1.82) is 0 Å². The fourth-order valence-electron chi connectivity index (χ4n) is 1.91. The number of nitrogens with zero attached hydrogens (tertiary/aromatic N) is 1. The standard InChI is InChI=1S/C12H22N2O4/c1-4-14(7-8(2)11(15)16)12(17)13-9-5-10(6-9)18-3/h8-10H,4-7H2,1-3H3,(H,13,17)(H,15,16). The summed E-state index contributed by atoms with van der Waals surface area (Å²) in [5, 5.41) is 11.7. The molecule has 0 heterocycles. The zero-order valence-electron chi connectivity index (χ0n) is 11.2. The predicted molar refractivity (Wildman–Crippen MR) is 66.4 cm³/mol. The van der Waals surface area contributed by atoms with Gasteiger partial charge < -0.3 is 20.1 Å². The van der Waals surface area contributed by atoms with Crippen molar-refractivity contribution in [2.24, 2.45) is 5.92 Å². The van der Waals surface area contributed by atoms with Gasteiger partial charge in [0.1, 0.15) is 0 Å². The molecule has 0 aromatic rings. The number of carboxylic acids is 1. The molecule has 104 valence electrons. The third kappa shape index (κ3) is 3.87. The molecular weight excluding hydrogens is 236 g/mol. The van der Waals surface area contributed by atoms with Crippen LogP contribution >= 0.6 is 0 Å². The average molecular weight is 258 g/mol. The van der Waals surface area contributed by atoms with E-state index in [0.29, 0.717) is 6.54 Å². The van der Waals surface area contributed by atoms with E-state index in [1.54, 1.807) is 14.0 Å². The molecule has 1 fully saturated rings. The molecule has 0 bridgehead atoms. The van der Waals surface area contributed by atoms with E-state index >= 15 is 0 Å². The van der Waals surface area contributed by atoms with E-state index in [-0.39, 0.29) is 24.7 Å². The van der Waals surface area contributed by atoms with Gasteiger partial charge >= 0.3 is 12.0 Å². The Labute approximate surface area is 107 Å². The quantitative estimate of drug-likeness (QED) is 0.742. The molecule has 1 aliphatic rings. The highest BCUT2D eigenvalue weighted by molar-refractivity contribution is 5.76. The summed E-state index contributed by atoms with van der Waals surface area (Å²) in [7, 11) is 1.66. The lowest BCUT2D eigenvalue weighted by molar-refractivity contribution is -0.141. The van der Waals surface area contributed by atoms with E-state index in [1.807, 2.05) is 6.92 Å². The van der Waals surface area contributed by atoms with Gasteiger partial charge in [0.2, 0.25) is 0 Å². The number of hydrogen-bond acceptors (Lipinski definition) is 3. The summed E-state index contributed by atoms with van der Waals surface area (Å²) in [5.74, 6) is -1.44. The average Bonchev–Trinajstić information content (AvgIpc) is 2.29. The normalized spacial score (nSPS) is 23.9. The van der Waals surface area contributed by atoms with Gasteiger partial charge in [-0.2, -0.15) is 0 Å². The molecule has 1 atom stereocenters. The molecular formula is C12H22N2O4. The van der Waals surface area contributed by atoms with Crippen LogP contribution in [0.15, 0.2) is 0 Å². The van der Waals surface area contributed by atoms with Crippen molar-refractivity contribution in [3.63, 3.8) is 0 Å². The lowest BCUT2D eigenvalue weighted by Gasteiger charge is -2.36. The van der Waals surface area contributed by atoms with Crippen molar-refractivity contribution in [2.45, 2.75) is 38.8 Å². The molecule has 6 heteroatoms. The van der Waals surface area contributed by atoms with Crippen molar-refractivity contribution >= 4 is 12.0 Å². The Bertz CT molecular complexity index is 302. The summed E-state index contributed by atoms with van der Waals surface area (Å²) < 4.78 is 5.14. The SMILES string of the molecule is CCN(CC(C)C(=O)O)C(=O)NC1CC(OC)C1. The Kier molecular flexibility index (Phi) is 5.40. The van der Waals surface area contributed by atoms with Crippen LogP contribution in [0.25, 0.3) is 0 Å². The van der Waals surface area contributed by atoms with Crippen LogP contribution in [0.1, 0.15) is 26.7 Å². The van der Waals surface area contributed by atoms with Gasteiger partial charge in [-0.3, -0.25) is 4.79 Å². The van der Waals surface area contributed by atoms with E-state index in [9.17, 15) is 9.59 Å². The van der Waals surface area contributed by atoms with E-state index in [2.05, 4.69) is 5.32 Å². The van der Waals surface area contributed by atoms with Gasteiger partial charge in [-0.25, -0.2) is 4.79 Å². The Balaban J connectivity index is 2.36. The molecule has 1 saturated carbocycles. The topological polar surface area (TPSA) is 78.9 Å². The molecule has 18 heavy (non-hydrogen) atoms. The number of urea groups is 1. The maximum atomic E-state index is 11.9. The fraction of sp³-hybridized carbons (Fsp3) is 0.833. The largest absolute Gasteiger partial charge is 0.481 e. The number of carbonyl (C=O) groups excluding carboxylic acids is 1. The number of methoxy groups -OCH3 is 1. The number of carbonyl (C=O) groups is 2. The summed E-state index contributed by atoms with van der Waals surface area (Å²) in [5.41, 5.74) is 0. The van der Waals surface area contributed by atoms with Crippen LogP contribution in [0.5, 0.6) is 0 Å². The number of amides is 2. The van der Waals surface area contributed by atoms with Crippen LogP contribution < -0.4 is 5.32 Å². The molecule has 2 N–H and O–H groups in total. The maximum absolute atomic E-state index is 11.9. The lowest BCUT2D eigenvalue weighted by atomic mass is 9.89. The van der Waals surface area contributed by atoms with Gasteiger partial charge in [0, 0.05) is 26.2 Å². The number of rotatable bonds is 6. The molecule has 0 aromatic heterocycles. The minimum absolute atomic E-state index is 0.150. The highest BCUT2D eigenvalue weighted by Gasteiger charge is 2.31. The molecule has 0 saturated heterocycles. The summed E-state index contributed by atoms with van der Waals surface area (Å²) in [6, 6.07) is -0.0400. The van der Waals surface area contributed by atoms with Crippen LogP contribution in [-0.4, -0.2) is 54.4 Å². The molecule has 1 unspecified atom stereocenters. The van der Waals surface area contributed by atoms with Crippen LogP contribution in [0.3, 0.4) is 0 Å². The second kappa shape index (κ2) is 6.58. The summed E-state index contributed by atoms with van der Waals surface area (Å²) in [6.07, 6.45) is 1.89. The maximum Gasteiger partial charge on any atom is 0.317 e. The van der Waals surface area contributed by atoms with Crippen molar-refractivity contribution in [1.82, 2.24) is 10.2 Å². The molecule has 1 rings (SSSR count). The van der Waals surface area contributed by atoms with Gasteiger partial charge in [0.15, 0.2) is 0 Å². The Hall–Kier alpha value is -1.30. The molecule has 2 amide bonds. The third-order valence-corrected chi connectivity index (χ3v) is 3.34. The summed E-state index contributed by atoms with van der Waals surface area (Å²) in [4.78, 5) is 24.2. The molecule has 0 aromatic carbocycles. The predicted octanol–water partition coefficient (Wildman–Crippen LogP) is 0.916. The van der Waals surface area contributed by atoms with Gasteiger partial charge in [0.05, 0.1) is 12.0 Å². The minimum atomic E-state index is -0.885. The van der Waals surface area contributed by atoms with Crippen molar-refractivity contribution < 1.29 is 19.4 Å². The minimum Gasteiger partial charge on any atom is -0.481 e. The van der Waals surface area contributed by atoms with E-state index < -0.39 is 11.9 Å². The number of aliphatic carboxylic acids is 1. The van der Waals surface area contributed by atoms with Crippen molar-refractivity contribution in [2.75, 3.05) is 20.2 Å². The summed E-state index contributed by atoms with van der Waals surface area (Å²) >= 11 is 0. The van der Waals surface area contributed by atoms with Crippen LogP contribution in [-0.2, 0) is 9.53 Å². The number of nitrogens with one attached hydrogen (secondary N) is 1. The summed E-state index contributed by atoms with van der Waals surface area (Å²) in [6.45, 7) is 4.18. The first-order valence-corrected chi connectivity index (χ1v) is 6.28. The van der Waals surface area contributed by atoms with Crippen molar-refractivity contribution in [3.05, 3.63) is 0 Å². The van der Waals surface area contributed by atoms with Gasteiger partial charge in [0.25, 0.3) is 0 Å². The smallest absolute Gasteiger partial charge is 0.317 e. The van der Waals surface area contributed by atoms with E-state index in [4.69, 9.17) is 9.84 Å². The Morgan fingerprint density at radius 2 is 2.11 bits per heavy atom.